The van der Waals surface area contributed by atoms with E-state index in [1.54, 1.807) is 0 Å². The zero-order chi connectivity index (χ0) is 11.9. The lowest BCUT2D eigenvalue weighted by Crippen LogP contribution is -2.33. The zero-order valence-corrected chi connectivity index (χ0v) is 10.4. The second kappa shape index (κ2) is 3.99. The normalized spacial score (nSPS) is 27.8. The van der Waals surface area contributed by atoms with E-state index >= 15 is 0 Å². The minimum absolute atomic E-state index is 0.622. The van der Waals surface area contributed by atoms with Crippen molar-refractivity contribution in [3.8, 4) is 0 Å². The van der Waals surface area contributed by atoms with E-state index in [-0.39, 0.29) is 0 Å². The summed E-state index contributed by atoms with van der Waals surface area (Å²) < 4.78 is 0. The number of H-pyrrole nitrogens is 1. The summed E-state index contributed by atoms with van der Waals surface area (Å²) in [5.41, 5.74) is 2.33. The molecule has 0 saturated carbocycles. The highest BCUT2D eigenvalue weighted by atomic mass is 15.2. The van der Waals surface area contributed by atoms with E-state index in [1.807, 2.05) is 6.20 Å². The fourth-order valence-corrected chi connectivity index (χ4v) is 3.50. The van der Waals surface area contributed by atoms with Crippen molar-refractivity contribution in [1.29, 1.82) is 0 Å². The monoisotopic (exact) mass is 242 g/mol. The van der Waals surface area contributed by atoms with Gasteiger partial charge in [0.05, 0.1) is 11.7 Å². The van der Waals surface area contributed by atoms with Gasteiger partial charge in [-0.05, 0) is 44.0 Å². The summed E-state index contributed by atoms with van der Waals surface area (Å²) in [6.07, 6.45) is 5.88. The number of nitrogens with one attached hydrogen (secondary N) is 2. The zero-order valence-electron chi connectivity index (χ0n) is 10.4. The molecular weight excluding hydrogens is 224 g/mol. The Balaban J connectivity index is 1.56. The van der Waals surface area contributed by atoms with Gasteiger partial charge in [-0.3, -0.25) is 10.00 Å². The number of hydrogen-bond acceptors (Lipinski definition) is 3. The van der Waals surface area contributed by atoms with Crippen LogP contribution in [0.1, 0.15) is 19.3 Å². The van der Waals surface area contributed by atoms with Crippen LogP contribution in [0.2, 0.25) is 0 Å². The lowest BCUT2D eigenvalue weighted by atomic mass is 10.1. The Morgan fingerprint density at radius 2 is 2.28 bits per heavy atom. The number of aromatic nitrogens is 2. The average Bonchev–Trinajstić information content (AvgIpc) is 3.06. The maximum Gasteiger partial charge on any atom is 0.0651 e. The Morgan fingerprint density at radius 1 is 1.28 bits per heavy atom. The van der Waals surface area contributed by atoms with E-state index in [2.05, 4.69) is 38.6 Å². The molecule has 94 valence electrons. The molecule has 1 aromatic carbocycles. The van der Waals surface area contributed by atoms with Crippen molar-refractivity contribution in [1.82, 2.24) is 15.1 Å². The molecule has 0 spiro atoms. The Hall–Kier alpha value is -1.55. The van der Waals surface area contributed by atoms with Crippen LogP contribution in [0.5, 0.6) is 0 Å². The van der Waals surface area contributed by atoms with Gasteiger partial charge in [0.1, 0.15) is 0 Å². The third-order valence-electron chi connectivity index (χ3n) is 4.40. The topological polar surface area (TPSA) is 44.0 Å². The van der Waals surface area contributed by atoms with Crippen molar-refractivity contribution in [2.45, 2.75) is 31.3 Å². The van der Waals surface area contributed by atoms with Crippen LogP contribution in [0.3, 0.4) is 0 Å². The predicted molar refractivity (Wildman–Crippen MR) is 72.7 cm³/mol. The van der Waals surface area contributed by atoms with Gasteiger partial charge in [0, 0.05) is 29.7 Å². The molecule has 0 amide bonds. The van der Waals surface area contributed by atoms with E-state index in [1.165, 1.54) is 43.4 Å². The molecule has 2 unspecified atom stereocenters. The fraction of sp³-hybridized carbons (Fsp3) is 0.500. The van der Waals surface area contributed by atoms with Crippen LogP contribution in [0.25, 0.3) is 10.9 Å². The highest BCUT2D eigenvalue weighted by Crippen LogP contribution is 2.30. The minimum atomic E-state index is 0.622. The average molecular weight is 242 g/mol. The lowest BCUT2D eigenvalue weighted by Gasteiger charge is -2.22. The van der Waals surface area contributed by atoms with Crippen molar-refractivity contribution in [3.63, 3.8) is 0 Å². The van der Waals surface area contributed by atoms with E-state index in [0.717, 1.165) is 11.6 Å². The van der Waals surface area contributed by atoms with Crippen LogP contribution in [0, 0.1) is 0 Å². The van der Waals surface area contributed by atoms with Crippen molar-refractivity contribution in [2.75, 3.05) is 18.4 Å². The number of hydrogen-bond donors (Lipinski definition) is 2. The standard InChI is InChI=1S/C14H18N4/c1-2-14-13(5-7-18(14)6-1)16-11-3-4-12-10(8-11)9-15-17-12/h3-4,8-9,13-14,16H,1-2,5-7H2,(H,15,17). The molecule has 0 aliphatic carbocycles. The van der Waals surface area contributed by atoms with Gasteiger partial charge in [0.2, 0.25) is 0 Å². The first-order chi connectivity index (χ1) is 8.90. The maximum absolute atomic E-state index is 4.07. The first-order valence-electron chi connectivity index (χ1n) is 6.84. The number of rotatable bonds is 2. The van der Waals surface area contributed by atoms with Crippen LogP contribution >= 0.6 is 0 Å². The van der Waals surface area contributed by atoms with E-state index < -0.39 is 0 Å². The van der Waals surface area contributed by atoms with Crippen LogP contribution in [-0.2, 0) is 0 Å². The van der Waals surface area contributed by atoms with E-state index in [0.29, 0.717) is 6.04 Å². The number of fused-ring (bicyclic) bond motifs is 2. The maximum atomic E-state index is 4.07. The van der Waals surface area contributed by atoms with Gasteiger partial charge in [0.15, 0.2) is 0 Å². The number of benzene rings is 1. The molecule has 2 atom stereocenters. The summed E-state index contributed by atoms with van der Waals surface area (Å²) in [7, 11) is 0. The third-order valence-corrected chi connectivity index (χ3v) is 4.40. The molecule has 18 heavy (non-hydrogen) atoms. The lowest BCUT2D eigenvalue weighted by molar-refractivity contribution is 0.318. The molecule has 2 aliphatic heterocycles. The molecule has 2 saturated heterocycles. The van der Waals surface area contributed by atoms with Gasteiger partial charge in [-0.2, -0.15) is 5.10 Å². The van der Waals surface area contributed by atoms with Crippen LogP contribution in [0.15, 0.2) is 24.4 Å². The number of nitrogens with zero attached hydrogens (tertiary/aromatic N) is 2. The van der Waals surface area contributed by atoms with Crippen molar-refractivity contribution < 1.29 is 0 Å². The third kappa shape index (κ3) is 1.60. The van der Waals surface area contributed by atoms with Crippen LogP contribution in [0.4, 0.5) is 5.69 Å². The van der Waals surface area contributed by atoms with Gasteiger partial charge >= 0.3 is 0 Å². The first-order valence-corrected chi connectivity index (χ1v) is 6.84. The molecule has 4 heteroatoms. The van der Waals surface area contributed by atoms with Gasteiger partial charge in [0.25, 0.3) is 0 Å². The number of anilines is 1. The van der Waals surface area contributed by atoms with Crippen molar-refractivity contribution in [3.05, 3.63) is 24.4 Å². The molecule has 2 N–H and O–H groups in total. The number of aromatic amines is 1. The minimum Gasteiger partial charge on any atom is -0.381 e. The van der Waals surface area contributed by atoms with Gasteiger partial charge in [-0.25, -0.2) is 0 Å². The Bertz CT molecular complexity index is 562. The molecule has 3 heterocycles. The van der Waals surface area contributed by atoms with Gasteiger partial charge < -0.3 is 5.32 Å². The van der Waals surface area contributed by atoms with E-state index in [9.17, 15) is 0 Å². The molecule has 4 rings (SSSR count). The van der Waals surface area contributed by atoms with Gasteiger partial charge in [-0.1, -0.05) is 0 Å². The molecule has 2 aromatic rings. The largest absolute Gasteiger partial charge is 0.381 e. The molecule has 1 aromatic heterocycles. The molecule has 2 fully saturated rings. The van der Waals surface area contributed by atoms with Crippen molar-refractivity contribution >= 4 is 16.6 Å². The second-order valence-corrected chi connectivity index (χ2v) is 5.46. The second-order valence-electron chi connectivity index (χ2n) is 5.46. The summed E-state index contributed by atoms with van der Waals surface area (Å²) in [4.78, 5) is 2.63. The Kier molecular flexibility index (Phi) is 2.30. The van der Waals surface area contributed by atoms with Crippen molar-refractivity contribution in [2.24, 2.45) is 0 Å². The molecule has 2 aliphatic rings. The van der Waals surface area contributed by atoms with Crippen LogP contribution in [-0.4, -0.2) is 40.3 Å². The Morgan fingerprint density at radius 3 is 3.28 bits per heavy atom. The molecule has 0 radical (unpaired) electrons. The first kappa shape index (κ1) is 10.4. The smallest absolute Gasteiger partial charge is 0.0651 e. The highest BCUT2D eigenvalue weighted by molar-refractivity contribution is 5.81. The predicted octanol–water partition coefficient (Wildman–Crippen LogP) is 2.21. The molecular formula is C14H18N4. The summed E-state index contributed by atoms with van der Waals surface area (Å²) in [5, 5.41) is 12.0. The van der Waals surface area contributed by atoms with Gasteiger partial charge in [-0.15, -0.1) is 0 Å². The summed E-state index contributed by atoms with van der Waals surface area (Å²) in [5.74, 6) is 0. The van der Waals surface area contributed by atoms with Crippen LogP contribution < -0.4 is 5.32 Å². The summed E-state index contributed by atoms with van der Waals surface area (Å²) >= 11 is 0. The SMILES string of the molecule is c1cc2[nH]ncc2cc1NC1CCN2CCCC12. The quantitative estimate of drug-likeness (QED) is 0.848. The van der Waals surface area contributed by atoms with E-state index in [4.69, 9.17) is 0 Å². The molecule has 4 nitrogen and oxygen atoms in total. The molecule has 0 bridgehead atoms. The highest BCUT2D eigenvalue weighted by Gasteiger charge is 2.36. The summed E-state index contributed by atoms with van der Waals surface area (Å²) in [6.45, 7) is 2.56. The Labute approximate surface area is 106 Å². The summed E-state index contributed by atoms with van der Waals surface area (Å²) in [6, 6.07) is 7.82. The fourth-order valence-electron chi connectivity index (χ4n) is 3.50.